The van der Waals surface area contributed by atoms with E-state index in [-0.39, 0.29) is 12.3 Å². The summed E-state index contributed by atoms with van der Waals surface area (Å²) in [6.45, 7) is 0.657. The van der Waals surface area contributed by atoms with Crippen LogP contribution in [-0.4, -0.2) is 34.4 Å². The Hall–Kier alpha value is -2.35. The fourth-order valence-corrected chi connectivity index (χ4v) is 1.91. The molecule has 1 aromatic heterocycles. The number of carbonyl (C=O) groups excluding carboxylic acids is 1. The number of benzene rings is 1. The number of nitriles is 1. The Bertz CT molecular complexity index is 611. The average molecular weight is 256 g/mol. The van der Waals surface area contributed by atoms with E-state index >= 15 is 0 Å². The SMILES string of the molecule is CN(CCc1ccc2nc[nH]c2c1)C(=O)CCC#N. The highest BCUT2D eigenvalue weighted by Crippen LogP contribution is 2.12. The lowest BCUT2D eigenvalue weighted by Gasteiger charge is -2.16. The Morgan fingerprint density at radius 1 is 1.53 bits per heavy atom. The fraction of sp³-hybridized carbons (Fsp3) is 0.357. The first-order valence-corrected chi connectivity index (χ1v) is 6.23. The molecule has 0 atom stereocenters. The molecule has 0 saturated carbocycles. The van der Waals surface area contributed by atoms with E-state index < -0.39 is 0 Å². The third-order valence-electron chi connectivity index (χ3n) is 3.10. The fourth-order valence-electron chi connectivity index (χ4n) is 1.91. The maximum atomic E-state index is 11.7. The summed E-state index contributed by atoms with van der Waals surface area (Å²) in [6.07, 6.45) is 3.05. The Morgan fingerprint density at radius 2 is 2.37 bits per heavy atom. The summed E-state index contributed by atoms with van der Waals surface area (Å²) >= 11 is 0. The zero-order valence-corrected chi connectivity index (χ0v) is 10.9. The largest absolute Gasteiger partial charge is 0.345 e. The number of hydrogen-bond acceptors (Lipinski definition) is 3. The maximum absolute atomic E-state index is 11.7. The van der Waals surface area contributed by atoms with E-state index in [1.54, 1.807) is 18.3 Å². The molecular weight excluding hydrogens is 240 g/mol. The number of nitrogens with one attached hydrogen (secondary N) is 1. The van der Waals surface area contributed by atoms with Gasteiger partial charge in [0.05, 0.1) is 23.4 Å². The van der Waals surface area contributed by atoms with Gasteiger partial charge in [-0.2, -0.15) is 5.26 Å². The van der Waals surface area contributed by atoms with E-state index in [4.69, 9.17) is 5.26 Å². The molecule has 0 aliphatic heterocycles. The van der Waals surface area contributed by atoms with Gasteiger partial charge in [-0.1, -0.05) is 6.07 Å². The van der Waals surface area contributed by atoms with E-state index in [2.05, 4.69) is 16.0 Å². The molecule has 5 nitrogen and oxygen atoms in total. The number of rotatable bonds is 5. The van der Waals surface area contributed by atoms with E-state index in [0.29, 0.717) is 13.0 Å². The average Bonchev–Trinajstić information content (AvgIpc) is 2.89. The second kappa shape index (κ2) is 6.01. The summed E-state index contributed by atoms with van der Waals surface area (Å²) in [5.41, 5.74) is 3.12. The number of aromatic nitrogens is 2. The number of nitrogens with zero attached hydrogens (tertiary/aromatic N) is 3. The Balaban J connectivity index is 1.91. The number of likely N-dealkylation sites (N-methyl/N-ethyl adjacent to an activating group) is 1. The molecule has 1 N–H and O–H groups in total. The summed E-state index contributed by atoms with van der Waals surface area (Å²) in [7, 11) is 1.77. The van der Waals surface area contributed by atoms with Crippen LogP contribution in [0.3, 0.4) is 0 Å². The van der Waals surface area contributed by atoms with Crippen LogP contribution in [-0.2, 0) is 11.2 Å². The monoisotopic (exact) mass is 256 g/mol. The van der Waals surface area contributed by atoms with Crippen molar-refractivity contribution >= 4 is 16.9 Å². The minimum absolute atomic E-state index is 0.0177. The highest BCUT2D eigenvalue weighted by atomic mass is 16.2. The molecule has 5 heteroatoms. The molecule has 2 rings (SSSR count). The van der Waals surface area contributed by atoms with Crippen LogP contribution < -0.4 is 0 Å². The van der Waals surface area contributed by atoms with Gasteiger partial charge < -0.3 is 9.88 Å². The minimum atomic E-state index is 0.0177. The van der Waals surface area contributed by atoms with Crippen LogP contribution in [0.25, 0.3) is 11.0 Å². The Labute approximate surface area is 111 Å². The van der Waals surface area contributed by atoms with Crippen LogP contribution in [0, 0.1) is 11.3 Å². The van der Waals surface area contributed by atoms with Crippen LogP contribution in [0.15, 0.2) is 24.5 Å². The second-order valence-corrected chi connectivity index (χ2v) is 4.48. The van der Waals surface area contributed by atoms with E-state index in [9.17, 15) is 4.79 Å². The molecular formula is C14H16N4O. The van der Waals surface area contributed by atoms with Gasteiger partial charge in [0.15, 0.2) is 0 Å². The number of amides is 1. The number of hydrogen-bond donors (Lipinski definition) is 1. The van der Waals surface area contributed by atoms with Crippen molar-refractivity contribution in [2.45, 2.75) is 19.3 Å². The highest BCUT2D eigenvalue weighted by molar-refractivity contribution is 5.76. The Morgan fingerprint density at radius 3 is 3.16 bits per heavy atom. The van der Waals surface area contributed by atoms with Crippen LogP contribution in [0.5, 0.6) is 0 Å². The van der Waals surface area contributed by atoms with Gasteiger partial charge in [-0.25, -0.2) is 4.98 Å². The summed E-state index contributed by atoms with van der Waals surface area (Å²) in [4.78, 5) is 20.6. The van der Waals surface area contributed by atoms with Crippen molar-refractivity contribution in [3.05, 3.63) is 30.1 Å². The molecule has 1 heterocycles. The Kier molecular flexibility index (Phi) is 4.14. The summed E-state index contributed by atoms with van der Waals surface area (Å²) < 4.78 is 0. The highest BCUT2D eigenvalue weighted by Gasteiger charge is 2.08. The van der Waals surface area contributed by atoms with Crippen molar-refractivity contribution in [1.29, 1.82) is 5.26 Å². The quantitative estimate of drug-likeness (QED) is 0.887. The van der Waals surface area contributed by atoms with Gasteiger partial charge in [0.2, 0.25) is 5.91 Å². The van der Waals surface area contributed by atoms with E-state index in [0.717, 1.165) is 23.0 Å². The van der Waals surface area contributed by atoms with E-state index in [1.165, 1.54) is 0 Å². The van der Waals surface area contributed by atoms with Gasteiger partial charge in [0.1, 0.15) is 0 Å². The van der Waals surface area contributed by atoms with Crippen LogP contribution in [0.4, 0.5) is 0 Å². The molecule has 0 aliphatic carbocycles. The van der Waals surface area contributed by atoms with Gasteiger partial charge in [0.25, 0.3) is 0 Å². The van der Waals surface area contributed by atoms with Crippen LogP contribution in [0.1, 0.15) is 18.4 Å². The number of H-pyrrole nitrogens is 1. The van der Waals surface area contributed by atoms with Gasteiger partial charge in [-0.15, -0.1) is 0 Å². The molecule has 0 saturated heterocycles. The number of carbonyl (C=O) groups is 1. The molecule has 1 aromatic carbocycles. The predicted octanol–water partition coefficient (Wildman–Crippen LogP) is 1.87. The van der Waals surface area contributed by atoms with Gasteiger partial charge in [-0.05, 0) is 24.1 Å². The molecule has 1 amide bonds. The van der Waals surface area contributed by atoms with Gasteiger partial charge in [0, 0.05) is 26.4 Å². The van der Waals surface area contributed by atoms with Crippen molar-refractivity contribution in [2.75, 3.05) is 13.6 Å². The summed E-state index contributed by atoms with van der Waals surface area (Å²) in [5.74, 6) is 0.0177. The van der Waals surface area contributed by atoms with Crippen LogP contribution >= 0.6 is 0 Å². The van der Waals surface area contributed by atoms with Crippen molar-refractivity contribution in [1.82, 2.24) is 14.9 Å². The standard InChI is InChI=1S/C14H16N4O/c1-18(14(19)3-2-7-15)8-6-11-4-5-12-13(9-11)17-10-16-12/h4-5,9-10H,2-3,6,8H2,1H3,(H,16,17). The predicted molar refractivity (Wildman–Crippen MR) is 72.3 cm³/mol. The lowest BCUT2D eigenvalue weighted by atomic mass is 10.1. The molecule has 0 fully saturated rings. The zero-order chi connectivity index (χ0) is 13.7. The van der Waals surface area contributed by atoms with E-state index in [1.807, 2.05) is 18.2 Å². The smallest absolute Gasteiger partial charge is 0.223 e. The molecule has 0 spiro atoms. The van der Waals surface area contributed by atoms with Crippen molar-refractivity contribution in [2.24, 2.45) is 0 Å². The molecule has 98 valence electrons. The lowest BCUT2D eigenvalue weighted by molar-refractivity contribution is -0.129. The topological polar surface area (TPSA) is 72.8 Å². The van der Waals surface area contributed by atoms with Crippen LogP contribution in [0.2, 0.25) is 0 Å². The normalized spacial score (nSPS) is 10.3. The lowest BCUT2D eigenvalue weighted by Crippen LogP contribution is -2.28. The van der Waals surface area contributed by atoms with Crippen molar-refractivity contribution in [3.8, 4) is 6.07 Å². The number of aromatic amines is 1. The maximum Gasteiger partial charge on any atom is 0.223 e. The zero-order valence-electron chi connectivity index (χ0n) is 10.9. The van der Waals surface area contributed by atoms with Gasteiger partial charge >= 0.3 is 0 Å². The first kappa shape index (κ1) is 13.1. The molecule has 0 radical (unpaired) electrons. The van der Waals surface area contributed by atoms with Crippen molar-refractivity contribution < 1.29 is 4.79 Å². The third-order valence-corrected chi connectivity index (χ3v) is 3.10. The summed E-state index contributed by atoms with van der Waals surface area (Å²) in [5, 5.41) is 8.45. The molecule has 0 unspecified atom stereocenters. The molecule has 19 heavy (non-hydrogen) atoms. The first-order valence-electron chi connectivity index (χ1n) is 6.23. The first-order chi connectivity index (χ1) is 9.20. The minimum Gasteiger partial charge on any atom is -0.345 e. The molecule has 0 bridgehead atoms. The number of imidazole rings is 1. The molecule has 0 aliphatic rings. The third kappa shape index (κ3) is 3.32. The second-order valence-electron chi connectivity index (χ2n) is 4.48. The summed E-state index contributed by atoms with van der Waals surface area (Å²) in [6, 6.07) is 8.03. The van der Waals surface area contributed by atoms with Gasteiger partial charge in [-0.3, -0.25) is 4.79 Å². The van der Waals surface area contributed by atoms with Crippen molar-refractivity contribution in [3.63, 3.8) is 0 Å². The molecule has 2 aromatic rings. The number of fused-ring (bicyclic) bond motifs is 1.